The molecule has 0 aliphatic carbocycles. The van der Waals surface area contributed by atoms with E-state index in [9.17, 15) is 22.8 Å². The van der Waals surface area contributed by atoms with Crippen molar-refractivity contribution >= 4 is 34.2 Å². The largest absolute Gasteiger partial charge is 0.416 e. The van der Waals surface area contributed by atoms with Crippen LogP contribution in [0.25, 0.3) is 11.0 Å². The van der Waals surface area contributed by atoms with Crippen LogP contribution in [-0.2, 0) is 17.4 Å². The molecule has 168 valence electrons. The van der Waals surface area contributed by atoms with Gasteiger partial charge in [0.1, 0.15) is 12.0 Å². The van der Waals surface area contributed by atoms with Gasteiger partial charge in [0, 0.05) is 28.5 Å². The van der Waals surface area contributed by atoms with Crippen LogP contribution in [0.5, 0.6) is 0 Å². The third-order valence-electron chi connectivity index (χ3n) is 4.99. The van der Waals surface area contributed by atoms with E-state index in [0.717, 1.165) is 23.1 Å². The second-order valence-corrected chi connectivity index (χ2v) is 7.35. The maximum atomic E-state index is 12.9. The summed E-state index contributed by atoms with van der Waals surface area (Å²) in [7, 11) is 0. The number of amides is 2. The zero-order valence-corrected chi connectivity index (χ0v) is 17.3. The average Bonchev–Trinajstić information content (AvgIpc) is 3.25. The average molecular weight is 453 g/mol. The summed E-state index contributed by atoms with van der Waals surface area (Å²) < 4.78 is 38.8. The molecule has 4 rings (SSSR count). The van der Waals surface area contributed by atoms with Crippen LogP contribution in [0.1, 0.15) is 27.2 Å². The Labute approximate surface area is 186 Å². The molecule has 2 heterocycles. The summed E-state index contributed by atoms with van der Waals surface area (Å²) in [6, 6.07) is 10.8. The summed E-state index contributed by atoms with van der Waals surface area (Å²) in [5.41, 5.74) is 1.68. The number of rotatable bonds is 5. The highest BCUT2D eigenvalue weighted by molar-refractivity contribution is 6.05. The van der Waals surface area contributed by atoms with Crippen LogP contribution in [0.3, 0.4) is 0 Å². The maximum Gasteiger partial charge on any atom is 0.416 e. The molecule has 0 bridgehead atoms. The molecule has 0 unspecified atom stereocenters. The molecule has 0 radical (unpaired) electrons. The molecule has 0 saturated carbocycles. The van der Waals surface area contributed by atoms with Crippen molar-refractivity contribution in [3.8, 4) is 0 Å². The standard InChI is InChI=1S/C23H18F3N5O2/c1-13-5-6-16(30-22(33)14-3-2-4-15(9-14)23(24,25)26)10-18(13)31-20(32)11-19-17-7-8-27-21(17)29-12-28-19/h2-10,12H,11H2,1H3,(H,30,33)(H,31,32)(H,27,28,29). The molecule has 0 saturated heterocycles. The van der Waals surface area contributed by atoms with Gasteiger partial charge in [-0.3, -0.25) is 9.59 Å². The number of hydrogen-bond acceptors (Lipinski definition) is 4. The normalized spacial score (nSPS) is 11.4. The Hall–Kier alpha value is -4.21. The molecular weight excluding hydrogens is 435 g/mol. The second-order valence-electron chi connectivity index (χ2n) is 7.35. The van der Waals surface area contributed by atoms with Gasteiger partial charge < -0.3 is 15.6 Å². The topological polar surface area (TPSA) is 99.8 Å². The Morgan fingerprint density at radius 2 is 1.85 bits per heavy atom. The van der Waals surface area contributed by atoms with Crippen molar-refractivity contribution in [1.29, 1.82) is 0 Å². The summed E-state index contributed by atoms with van der Waals surface area (Å²) in [6.07, 6.45) is -1.46. The number of aromatic amines is 1. The lowest BCUT2D eigenvalue weighted by atomic mass is 10.1. The van der Waals surface area contributed by atoms with Crippen LogP contribution in [-0.4, -0.2) is 26.8 Å². The van der Waals surface area contributed by atoms with Crippen LogP contribution < -0.4 is 10.6 Å². The molecule has 0 fully saturated rings. The minimum Gasteiger partial charge on any atom is -0.346 e. The SMILES string of the molecule is Cc1ccc(NC(=O)c2cccc(C(F)(F)F)c2)cc1NC(=O)Cc1ncnc2[nH]ccc12. The van der Waals surface area contributed by atoms with E-state index >= 15 is 0 Å². The van der Waals surface area contributed by atoms with E-state index < -0.39 is 17.6 Å². The van der Waals surface area contributed by atoms with Crippen molar-refractivity contribution < 1.29 is 22.8 Å². The first-order valence-electron chi connectivity index (χ1n) is 9.87. The van der Waals surface area contributed by atoms with Crippen LogP contribution in [0.2, 0.25) is 0 Å². The number of hydrogen-bond donors (Lipinski definition) is 3. The van der Waals surface area contributed by atoms with Gasteiger partial charge in [0.15, 0.2) is 0 Å². The van der Waals surface area contributed by atoms with Gasteiger partial charge in [0.05, 0.1) is 17.7 Å². The van der Waals surface area contributed by atoms with Gasteiger partial charge in [-0.05, 0) is 48.9 Å². The molecule has 2 aromatic carbocycles. The predicted octanol–water partition coefficient (Wildman–Crippen LogP) is 4.72. The Morgan fingerprint density at radius 1 is 1.03 bits per heavy atom. The van der Waals surface area contributed by atoms with Crippen LogP contribution in [0.15, 0.2) is 61.1 Å². The summed E-state index contributed by atoms with van der Waals surface area (Å²) in [5.74, 6) is -1.02. The predicted molar refractivity (Wildman–Crippen MR) is 117 cm³/mol. The molecule has 7 nitrogen and oxygen atoms in total. The van der Waals surface area contributed by atoms with Gasteiger partial charge in [0.25, 0.3) is 5.91 Å². The van der Waals surface area contributed by atoms with Gasteiger partial charge in [-0.15, -0.1) is 0 Å². The first-order chi connectivity index (χ1) is 15.7. The number of nitrogens with zero attached hydrogens (tertiary/aromatic N) is 2. The number of halogens is 3. The highest BCUT2D eigenvalue weighted by Gasteiger charge is 2.30. The third kappa shape index (κ3) is 5.00. The Balaban J connectivity index is 1.48. The highest BCUT2D eigenvalue weighted by Crippen LogP contribution is 2.30. The minimum atomic E-state index is -4.55. The lowest BCUT2D eigenvalue weighted by molar-refractivity contribution is -0.137. The molecule has 33 heavy (non-hydrogen) atoms. The van der Waals surface area contributed by atoms with Crippen LogP contribution >= 0.6 is 0 Å². The number of alkyl halides is 3. The fourth-order valence-corrected chi connectivity index (χ4v) is 3.29. The molecular formula is C23H18F3N5O2. The number of H-pyrrole nitrogens is 1. The van der Waals surface area contributed by atoms with Gasteiger partial charge in [-0.1, -0.05) is 12.1 Å². The smallest absolute Gasteiger partial charge is 0.346 e. The highest BCUT2D eigenvalue weighted by atomic mass is 19.4. The van der Waals surface area contributed by atoms with E-state index in [1.165, 1.54) is 18.5 Å². The summed E-state index contributed by atoms with van der Waals surface area (Å²) in [4.78, 5) is 36.3. The fourth-order valence-electron chi connectivity index (χ4n) is 3.29. The van der Waals surface area contributed by atoms with E-state index in [1.807, 2.05) is 0 Å². The number of nitrogens with one attached hydrogen (secondary N) is 3. The van der Waals surface area contributed by atoms with E-state index in [-0.39, 0.29) is 17.9 Å². The first kappa shape index (κ1) is 22.0. The number of aryl methyl sites for hydroxylation is 1. The number of fused-ring (bicyclic) bond motifs is 1. The van der Waals surface area contributed by atoms with Crippen molar-refractivity contribution in [2.24, 2.45) is 0 Å². The molecule has 0 aliphatic rings. The number of anilines is 2. The number of benzene rings is 2. The Morgan fingerprint density at radius 3 is 2.64 bits per heavy atom. The summed E-state index contributed by atoms with van der Waals surface area (Å²) in [6.45, 7) is 1.78. The molecule has 0 aliphatic heterocycles. The zero-order valence-electron chi connectivity index (χ0n) is 17.3. The summed E-state index contributed by atoms with van der Waals surface area (Å²) in [5, 5.41) is 6.10. The quantitative estimate of drug-likeness (QED) is 0.407. The summed E-state index contributed by atoms with van der Waals surface area (Å²) >= 11 is 0. The van der Waals surface area contributed by atoms with Crippen LogP contribution in [0, 0.1) is 6.92 Å². The molecule has 4 aromatic rings. The van der Waals surface area contributed by atoms with Crippen LogP contribution in [0.4, 0.5) is 24.5 Å². The molecule has 0 atom stereocenters. The third-order valence-corrected chi connectivity index (χ3v) is 4.99. The molecule has 0 spiro atoms. The number of carbonyl (C=O) groups is 2. The lowest BCUT2D eigenvalue weighted by Crippen LogP contribution is -2.17. The van der Waals surface area contributed by atoms with E-state index in [0.29, 0.717) is 22.7 Å². The van der Waals surface area contributed by atoms with Crippen molar-refractivity contribution in [2.45, 2.75) is 19.5 Å². The fraction of sp³-hybridized carbons (Fsp3) is 0.130. The van der Waals surface area contributed by atoms with E-state index in [1.54, 1.807) is 37.4 Å². The van der Waals surface area contributed by atoms with Crippen molar-refractivity contribution in [3.63, 3.8) is 0 Å². The van der Waals surface area contributed by atoms with Crippen molar-refractivity contribution in [1.82, 2.24) is 15.0 Å². The van der Waals surface area contributed by atoms with Gasteiger partial charge in [-0.25, -0.2) is 9.97 Å². The van der Waals surface area contributed by atoms with Gasteiger partial charge in [0.2, 0.25) is 5.91 Å². The monoisotopic (exact) mass is 453 g/mol. The minimum absolute atomic E-state index is 0.0110. The number of carbonyl (C=O) groups excluding carboxylic acids is 2. The van der Waals surface area contributed by atoms with E-state index in [4.69, 9.17) is 0 Å². The van der Waals surface area contributed by atoms with Gasteiger partial charge in [-0.2, -0.15) is 13.2 Å². The molecule has 3 N–H and O–H groups in total. The molecule has 2 amide bonds. The number of aromatic nitrogens is 3. The Kier molecular flexibility index (Phi) is 5.82. The lowest BCUT2D eigenvalue weighted by Gasteiger charge is -2.12. The maximum absolute atomic E-state index is 12.9. The van der Waals surface area contributed by atoms with Gasteiger partial charge >= 0.3 is 6.18 Å². The first-order valence-corrected chi connectivity index (χ1v) is 9.87. The van der Waals surface area contributed by atoms with E-state index in [2.05, 4.69) is 25.6 Å². The Bertz CT molecular complexity index is 1350. The molecule has 10 heteroatoms. The second kappa shape index (κ2) is 8.73. The van der Waals surface area contributed by atoms with Crippen molar-refractivity contribution in [3.05, 3.63) is 83.4 Å². The van der Waals surface area contributed by atoms with Crippen molar-refractivity contribution in [2.75, 3.05) is 10.6 Å². The molecule has 2 aromatic heterocycles. The zero-order chi connectivity index (χ0) is 23.6.